The van der Waals surface area contributed by atoms with E-state index in [9.17, 15) is 18.0 Å². The minimum Gasteiger partial charge on any atom is -0.354 e. The van der Waals surface area contributed by atoms with Crippen molar-refractivity contribution in [2.45, 2.75) is 53.6 Å². The van der Waals surface area contributed by atoms with Gasteiger partial charge in [-0.1, -0.05) is 56.6 Å². The smallest absolute Gasteiger partial charge is 0.244 e. The summed E-state index contributed by atoms with van der Waals surface area (Å²) in [5.41, 5.74) is 2.88. The molecule has 0 heterocycles. The lowest BCUT2D eigenvalue weighted by Crippen LogP contribution is -2.52. The topological polar surface area (TPSA) is 86.8 Å². The highest BCUT2D eigenvalue weighted by Crippen LogP contribution is 2.26. The fourth-order valence-electron chi connectivity index (χ4n) is 3.81. The molecule has 0 aromatic heterocycles. The Balaban J connectivity index is 2.47. The summed E-state index contributed by atoms with van der Waals surface area (Å²) in [6, 6.07) is 11.7. The van der Waals surface area contributed by atoms with Gasteiger partial charge in [-0.15, -0.1) is 0 Å². The van der Waals surface area contributed by atoms with Crippen molar-refractivity contribution in [3.63, 3.8) is 0 Å². The average Bonchev–Trinajstić information content (AvgIpc) is 2.76. The van der Waals surface area contributed by atoms with Crippen LogP contribution in [0, 0.1) is 19.8 Å². The molecule has 2 amide bonds. The maximum Gasteiger partial charge on any atom is 0.244 e. The molecule has 2 rings (SSSR count). The van der Waals surface area contributed by atoms with Crippen molar-refractivity contribution in [2.75, 3.05) is 23.7 Å². The second-order valence-electron chi connectivity index (χ2n) is 9.21. The highest BCUT2D eigenvalue weighted by atomic mass is 35.5. The first-order valence-electron chi connectivity index (χ1n) is 11.7. The van der Waals surface area contributed by atoms with Gasteiger partial charge in [-0.25, -0.2) is 8.42 Å². The minimum absolute atomic E-state index is 0.191. The molecular weight excluding hydrogens is 486 g/mol. The second kappa shape index (κ2) is 12.4. The van der Waals surface area contributed by atoms with Crippen molar-refractivity contribution in [2.24, 2.45) is 5.92 Å². The summed E-state index contributed by atoms with van der Waals surface area (Å²) in [5, 5.41) is 3.39. The lowest BCUT2D eigenvalue weighted by atomic mass is 10.1. The maximum atomic E-state index is 13.7. The van der Waals surface area contributed by atoms with Gasteiger partial charge >= 0.3 is 0 Å². The van der Waals surface area contributed by atoms with Gasteiger partial charge in [-0.3, -0.25) is 13.9 Å². The van der Waals surface area contributed by atoms with Gasteiger partial charge in [-0.05, 0) is 61.1 Å². The molecule has 0 radical (unpaired) electrons. The fourth-order valence-corrected chi connectivity index (χ4v) is 4.94. The van der Waals surface area contributed by atoms with Gasteiger partial charge < -0.3 is 10.2 Å². The Labute approximate surface area is 214 Å². The molecule has 0 bridgehead atoms. The molecule has 7 nitrogen and oxygen atoms in total. The maximum absolute atomic E-state index is 13.7. The van der Waals surface area contributed by atoms with Crippen LogP contribution in [-0.2, 0) is 26.2 Å². The van der Waals surface area contributed by atoms with Crippen molar-refractivity contribution >= 4 is 39.1 Å². The van der Waals surface area contributed by atoms with E-state index in [2.05, 4.69) is 5.32 Å². The van der Waals surface area contributed by atoms with E-state index >= 15 is 0 Å². The number of nitrogens with zero attached hydrogens (tertiary/aromatic N) is 2. The quantitative estimate of drug-likeness (QED) is 0.477. The van der Waals surface area contributed by atoms with E-state index in [0.717, 1.165) is 21.7 Å². The van der Waals surface area contributed by atoms with E-state index in [1.54, 1.807) is 25.1 Å². The van der Waals surface area contributed by atoms with Gasteiger partial charge in [0.05, 0.1) is 11.9 Å². The van der Waals surface area contributed by atoms with Gasteiger partial charge in [0.15, 0.2) is 0 Å². The van der Waals surface area contributed by atoms with Gasteiger partial charge in [0.25, 0.3) is 0 Å². The molecule has 2 aromatic rings. The number of carbonyl (C=O) groups excluding carboxylic acids is 2. The molecule has 0 aliphatic carbocycles. The first kappa shape index (κ1) is 28.7. The molecule has 0 saturated heterocycles. The van der Waals surface area contributed by atoms with Crippen LogP contribution < -0.4 is 9.62 Å². The molecule has 0 fully saturated rings. The minimum atomic E-state index is -3.79. The van der Waals surface area contributed by atoms with Crippen LogP contribution in [-0.4, -0.2) is 50.5 Å². The SMILES string of the molecule is CC[C@H](C(=O)NCC(C)C)N(Cc1ccccc1C)C(=O)CN(c1ccc(Cl)cc1C)S(C)(=O)=O. The first-order chi connectivity index (χ1) is 16.3. The number of benzene rings is 2. The Hall–Kier alpha value is -2.58. The zero-order chi connectivity index (χ0) is 26.3. The van der Waals surface area contributed by atoms with Crippen LogP contribution in [0.5, 0.6) is 0 Å². The van der Waals surface area contributed by atoms with Crippen LogP contribution in [0.3, 0.4) is 0 Å². The van der Waals surface area contributed by atoms with Crippen molar-refractivity contribution in [1.82, 2.24) is 10.2 Å². The molecule has 1 atom stereocenters. The third kappa shape index (κ3) is 7.97. The Morgan fingerprint density at radius 2 is 1.71 bits per heavy atom. The summed E-state index contributed by atoms with van der Waals surface area (Å²) in [6.45, 7) is 9.76. The predicted molar refractivity (Wildman–Crippen MR) is 142 cm³/mol. The first-order valence-corrected chi connectivity index (χ1v) is 13.9. The zero-order valence-corrected chi connectivity index (χ0v) is 22.9. The standard InChI is InChI=1S/C26H36ClN3O4S/c1-7-23(26(32)28-15-18(2)3)29(16-21-11-9-8-10-19(21)4)25(31)17-30(35(6,33)34)24-13-12-22(27)14-20(24)5/h8-14,18,23H,7,15-17H2,1-6H3,(H,28,32)/t23-/m1/s1. The van der Waals surface area contributed by atoms with Gasteiger partial charge in [-0.2, -0.15) is 0 Å². The van der Waals surface area contributed by atoms with Crippen molar-refractivity contribution in [1.29, 1.82) is 0 Å². The number of aryl methyl sites for hydroxylation is 2. The van der Waals surface area contributed by atoms with Crippen LogP contribution in [0.2, 0.25) is 5.02 Å². The summed E-state index contributed by atoms with van der Waals surface area (Å²) in [6.07, 6.45) is 1.45. The lowest BCUT2D eigenvalue weighted by molar-refractivity contribution is -0.140. The molecular formula is C26H36ClN3O4S. The van der Waals surface area contributed by atoms with Crippen molar-refractivity contribution in [3.8, 4) is 0 Å². The van der Waals surface area contributed by atoms with Crippen LogP contribution in [0.4, 0.5) is 5.69 Å². The van der Waals surface area contributed by atoms with E-state index in [-0.39, 0.29) is 18.4 Å². The van der Waals surface area contributed by atoms with Crippen molar-refractivity contribution < 1.29 is 18.0 Å². The molecule has 9 heteroatoms. The number of rotatable bonds is 11. The molecule has 0 aliphatic heterocycles. The number of halogens is 1. The van der Waals surface area contributed by atoms with Gasteiger partial charge in [0.2, 0.25) is 21.8 Å². The summed E-state index contributed by atoms with van der Waals surface area (Å²) in [5.74, 6) is -0.457. The monoisotopic (exact) mass is 521 g/mol. The van der Waals surface area contributed by atoms with E-state index in [4.69, 9.17) is 11.6 Å². The largest absolute Gasteiger partial charge is 0.354 e. The Morgan fingerprint density at radius 3 is 2.26 bits per heavy atom. The third-order valence-electron chi connectivity index (χ3n) is 5.78. The number of hydrogen-bond donors (Lipinski definition) is 1. The van der Waals surface area contributed by atoms with Gasteiger partial charge in [0, 0.05) is 18.1 Å². The molecule has 0 unspecified atom stereocenters. The Bertz CT molecular complexity index is 1150. The summed E-state index contributed by atoms with van der Waals surface area (Å²) < 4.78 is 26.5. The summed E-state index contributed by atoms with van der Waals surface area (Å²) >= 11 is 6.06. The number of carbonyl (C=O) groups is 2. The molecule has 192 valence electrons. The average molecular weight is 522 g/mol. The van der Waals surface area contributed by atoms with E-state index < -0.39 is 28.5 Å². The van der Waals surface area contributed by atoms with Crippen LogP contribution in [0.25, 0.3) is 0 Å². The normalized spacial score (nSPS) is 12.3. The molecule has 2 aromatic carbocycles. The molecule has 0 saturated carbocycles. The van der Waals surface area contributed by atoms with Gasteiger partial charge in [0.1, 0.15) is 12.6 Å². The molecule has 0 aliphatic rings. The van der Waals surface area contributed by atoms with Crippen molar-refractivity contribution in [3.05, 3.63) is 64.2 Å². The van der Waals surface area contributed by atoms with E-state index in [0.29, 0.717) is 29.2 Å². The fraction of sp³-hybridized carbons (Fsp3) is 0.462. The van der Waals surface area contributed by atoms with E-state index in [1.807, 2.05) is 52.0 Å². The zero-order valence-electron chi connectivity index (χ0n) is 21.3. The number of sulfonamides is 1. The number of anilines is 1. The number of nitrogens with one attached hydrogen (secondary N) is 1. The highest BCUT2D eigenvalue weighted by molar-refractivity contribution is 7.92. The van der Waals surface area contributed by atoms with Crippen LogP contribution in [0.15, 0.2) is 42.5 Å². The molecule has 35 heavy (non-hydrogen) atoms. The predicted octanol–water partition coefficient (Wildman–Crippen LogP) is 4.30. The highest BCUT2D eigenvalue weighted by Gasteiger charge is 2.32. The Morgan fingerprint density at radius 1 is 1.06 bits per heavy atom. The molecule has 1 N–H and O–H groups in total. The summed E-state index contributed by atoms with van der Waals surface area (Å²) in [7, 11) is -3.79. The Kier molecular flexibility index (Phi) is 10.2. The molecule has 0 spiro atoms. The summed E-state index contributed by atoms with van der Waals surface area (Å²) in [4.78, 5) is 28.3. The number of hydrogen-bond acceptors (Lipinski definition) is 4. The second-order valence-corrected chi connectivity index (χ2v) is 11.6. The lowest BCUT2D eigenvalue weighted by Gasteiger charge is -2.33. The van der Waals surface area contributed by atoms with Crippen LogP contribution >= 0.6 is 11.6 Å². The van der Waals surface area contributed by atoms with E-state index in [1.165, 1.54) is 4.90 Å². The number of amides is 2. The third-order valence-corrected chi connectivity index (χ3v) is 7.14. The van der Waals surface area contributed by atoms with Crippen LogP contribution in [0.1, 0.15) is 43.9 Å².